The van der Waals surface area contributed by atoms with Crippen molar-refractivity contribution in [1.29, 1.82) is 0 Å². The maximum atomic E-state index is 6.11. The summed E-state index contributed by atoms with van der Waals surface area (Å²) in [5.74, 6) is 0.963. The van der Waals surface area contributed by atoms with Crippen molar-refractivity contribution in [3.63, 3.8) is 0 Å². The molecule has 16 heavy (non-hydrogen) atoms. The fourth-order valence-electron chi connectivity index (χ4n) is 2.21. The molecule has 0 saturated heterocycles. The lowest BCUT2D eigenvalue weighted by Crippen LogP contribution is -2.42. The summed E-state index contributed by atoms with van der Waals surface area (Å²) in [7, 11) is 0. The molecule has 1 aromatic rings. The van der Waals surface area contributed by atoms with Crippen LogP contribution < -0.4 is 11.1 Å². The number of aryl methyl sites for hydroxylation is 1. The van der Waals surface area contributed by atoms with Crippen LogP contribution in [0.4, 0.5) is 5.82 Å². The lowest BCUT2D eigenvalue weighted by molar-refractivity contribution is 0.403. The Kier molecular flexibility index (Phi) is 3.82. The highest BCUT2D eigenvalue weighted by Crippen LogP contribution is 2.23. The van der Waals surface area contributed by atoms with Gasteiger partial charge in [0.15, 0.2) is 0 Å². The van der Waals surface area contributed by atoms with Crippen molar-refractivity contribution < 1.29 is 0 Å². The molecule has 0 aliphatic heterocycles. The molecule has 0 bridgehead atoms. The number of rotatable bonds is 2. The van der Waals surface area contributed by atoms with Crippen molar-refractivity contribution in [2.24, 2.45) is 5.73 Å². The molecule has 0 spiro atoms. The number of nitrogens with one attached hydrogen (secondary N) is 1. The van der Waals surface area contributed by atoms with Crippen molar-refractivity contribution in [2.45, 2.75) is 44.7 Å². The molecule has 0 radical (unpaired) electrons. The van der Waals surface area contributed by atoms with Crippen LogP contribution in [-0.4, -0.2) is 17.1 Å². The van der Waals surface area contributed by atoms with Crippen LogP contribution in [0.2, 0.25) is 0 Å². The maximum Gasteiger partial charge on any atom is 0.129 e. The zero-order valence-electron chi connectivity index (χ0n) is 9.54. The van der Waals surface area contributed by atoms with Crippen molar-refractivity contribution in [3.8, 4) is 0 Å². The van der Waals surface area contributed by atoms with Gasteiger partial charge in [-0.05, 0) is 47.3 Å². The second-order valence-electron chi connectivity index (χ2n) is 4.52. The van der Waals surface area contributed by atoms with Gasteiger partial charge < -0.3 is 11.1 Å². The predicted octanol–water partition coefficient (Wildman–Crippen LogP) is 2.83. The maximum absolute atomic E-state index is 6.11. The average molecular weight is 284 g/mol. The first kappa shape index (κ1) is 11.9. The summed E-state index contributed by atoms with van der Waals surface area (Å²) in [6, 6.07) is 2.71. The SMILES string of the molecule is Cc1cc(Br)cnc1N[C@@H]1CCCC[C@H]1N. The van der Waals surface area contributed by atoms with E-state index in [-0.39, 0.29) is 6.04 Å². The van der Waals surface area contributed by atoms with Gasteiger partial charge in [-0.25, -0.2) is 4.98 Å². The van der Waals surface area contributed by atoms with Crippen LogP contribution in [0.1, 0.15) is 31.2 Å². The Labute approximate surface area is 105 Å². The minimum Gasteiger partial charge on any atom is -0.366 e. The van der Waals surface area contributed by atoms with E-state index < -0.39 is 0 Å². The van der Waals surface area contributed by atoms with E-state index in [9.17, 15) is 0 Å². The molecule has 1 aliphatic rings. The Hall–Kier alpha value is -0.610. The normalized spacial score (nSPS) is 25.4. The lowest BCUT2D eigenvalue weighted by atomic mass is 9.91. The highest BCUT2D eigenvalue weighted by Gasteiger charge is 2.22. The molecule has 3 nitrogen and oxygen atoms in total. The van der Waals surface area contributed by atoms with Crippen LogP contribution in [0, 0.1) is 6.92 Å². The second-order valence-corrected chi connectivity index (χ2v) is 5.43. The molecule has 88 valence electrons. The summed E-state index contributed by atoms with van der Waals surface area (Å²) in [4.78, 5) is 4.39. The van der Waals surface area contributed by atoms with Gasteiger partial charge in [-0.15, -0.1) is 0 Å². The molecule has 0 amide bonds. The third kappa shape index (κ3) is 2.74. The Morgan fingerprint density at radius 1 is 1.44 bits per heavy atom. The molecule has 3 N–H and O–H groups in total. The number of halogens is 1. The van der Waals surface area contributed by atoms with E-state index >= 15 is 0 Å². The minimum atomic E-state index is 0.263. The largest absolute Gasteiger partial charge is 0.366 e. The Morgan fingerprint density at radius 3 is 2.88 bits per heavy atom. The number of hydrogen-bond acceptors (Lipinski definition) is 3. The van der Waals surface area contributed by atoms with Crippen LogP contribution in [-0.2, 0) is 0 Å². The second kappa shape index (κ2) is 5.15. The van der Waals surface area contributed by atoms with Crippen LogP contribution in [0.15, 0.2) is 16.7 Å². The van der Waals surface area contributed by atoms with Gasteiger partial charge in [-0.2, -0.15) is 0 Å². The lowest BCUT2D eigenvalue weighted by Gasteiger charge is -2.30. The quantitative estimate of drug-likeness (QED) is 0.878. The van der Waals surface area contributed by atoms with Gasteiger partial charge in [0, 0.05) is 22.8 Å². The molecule has 1 heterocycles. The zero-order chi connectivity index (χ0) is 11.5. The van der Waals surface area contributed by atoms with E-state index in [0.717, 1.165) is 28.7 Å². The van der Waals surface area contributed by atoms with Crippen LogP contribution in [0.25, 0.3) is 0 Å². The number of nitrogens with two attached hydrogens (primary N) is 1. The van der Waals surface area contributed by atoms with E-state index in [1.165, 1.54) is 12.8 Å². The molecule has 2 atom stereocenters. The Morgan fingerprint density at radius 2 is 2.19 bits per heavy atom. The zero-order valence-corrected chi connectivity index (χ0v) is 11.1. The summed E-state index contributed by atoms with van der Waals surface area (Å²) < 4.78 is 1.02. The third-order valence-electron chi connectivity index (χ3n) is 3.19. The van der Waals surface area contributed by atoms with Gasteiger partial charge in [-0.3, -0.25) is 0 Å². The fourth-order valence-corrected chi connectivity index (χ4v) is 2.65. The van der Waals surface area contributed by atoms with Gasteiger partial charge in [0.2, 0.25) is 0 Å². The molecule has 0 aromatic carbocycles. The monoisotopic (exact) mass is 283 g/mol. The smallest absolute Gasteiger partial charge is 0.129 e. The fraction of sp³-hybridized carbons (Fsp3) is 0.583. The van der Waals surface area contributed by atoms with Gasteiger partial charge in [0.25, 0.3) is 0 Å². The van der Waals surface area contributed by atoms with E-state index in [1.54, 1.807) is 0 Å². The average Bonchev–Trinajstić information content (AvgIpc) is 2.25. The van der Waals surface area contributed by atoms with E-state index in [1.807, 2.05) is 6.20 Å². The minimum absolute atomic E-state index is 0.263. The van der Waals surface area contributed by atoms with Crippen LogP contribution in [0.3, 0.4) is 0 Å². The first-order chi connectivity index (χ1) is 7.66. The molecule has 0 unspecified atom stereocenters. The standard InChI is InChI=1S/C12H18BrN3/c1-8-6-9(13)7-15-12(8)16-11-5-3-2-4-10(11)14/h6-7,10-11H,2-5,14H2,1H3,(H,15,16)/t10-,11-/m1/s1. The van der Waals surface area contributed by atoms with Gasteiger partial charge in [0.05, 0.1) is 0 Å². The Bertz CT molecular complexity index is 367. The molecule has 1 aliphatic carbocycles. The first-order valence-electron chi connectivity index (χ1n) is 5.81. The van der Waals surface area contributed by atoms with Crippen molar-refractivity contribution in [1.82, 2.24) is 4.98 Å². The summed E-state index contributed by atoms with van der Waals surface area (Å²) in [6.45, 7) is 2.06. The number of aromatic nitrogens is 1. The van der Waals surface area contributed by atoms with E-state index in [0.29, 0.717) is 6.04 Å². The number of anilines is 1. The summed E-state index contributed by atoms with van der Waals surface area (Å²) in [6.07, 6.45) is 6.61. The highest BCUT2D eigenvalue weighted by molar-refractivity contribution is 9.10. The van der Waals surface area contributed by atoms with Gasteiger partial charge >= 0.3 is 0 Å². The predicted molar refractivity (Wildman–Crippen MR) is 70.5 cm³/mol. The molecule has 4 heteroatoms. The topological polar surface area (TPSA) is 50.9 Å². The molecule has 1 aromatic heterocycles. The summed E-state index contributed by atoms with van der Waals surface area (Å²) in [5, 5.41) is 3.47. The highest BCUT2D eigenvalue weighted by atomic mass is 79.9. The molecule has 2 rings (SSSR count). The number of nitrogens with zero attached hydrogens (tertiary/aromatic N) is 1. The van der Waals surface area contributed by atoms with Crippen LogP contribution >= 0.6 is 15.9 Å². The van der Waals surface area contributed by atoms with Gasteiger partial charge in [0.1, 0.15) is 5.82 Å². The molecular formula is C12H18BrN3. The summed E-state index contributed by atoms with van der Waals surface area (Å²) in [5.41, 5.74) is 7.27. The Balaban J connectivity index is 2.07. The third-order valence-corrected chi connectivity index (χ3v) is 3.62. The first-order valence-corrected chi connectivity index (χ1v) is 6.60. The molecule has 1 fully saturated rings. The molecule has 1 saturated carbocycles. The van der Waals surface area contributed by atoms with Crippen molar-refractivity contribution >= 4 is 21.7 Å². The van der Waals surface area contributed by atoms with Crippen LogP contribution in [0.5, 0.6) is 0 Å². The molecular weight excluding hydrogens is 266 g/mol. The van der Waals surface area contributed by atoms with Crippen molar-refractivity contribution in [3.05, 3.63) is 22.3 Å². The van der Waals surface area contributed by atoms with Gasteiger partial charge in [-0.1, -0.05) is 12.8 Å². The summed E-state index contributed by atoms with van der Waals surface area (Å²) >= 11 is 3.42. The number of hydrogen-bond donors (Lipinski definition) is 2. The van der Waals surface area contributed by atoms with E-state index in [2.05, 4.69) is 39.2 Å². The number of pyridine rings is 1. The van der Waals surface area contributed by atoms with E-state index in [4.69, 9.17) is 5.73 Å². The van der Waals surface area contributed by atoms with Crippen molar-refractivity contribution in [2.75, 3.05) is 5.32 Å².